The monoisotopic (exact) mass is 328 g/mol. The van der Waals surface area contributed by atoms with Crippen molar-refractivity contribution in [1.29, 1.82) is 0 Å². The van der Waals surface area contributed by atoms with E-state index in [1.165, 1.54) is 0 Å². The second kappa shape index (κ2) is 7.57. The lowest BCUT2D eigenvalue weighted by Crippen LogP contribution is -2.48. The van der Waals surface area contributed by atoms with Crippen LogP contribution in [0.3, 0.4) is 0 Å². The van der Waals surface area contributed by atoms with Gasteiger partial charge in [-0.3, -0.25) is 9.69 Å². The number of hydrogen-bond donors (Lipinski definition) is 0. The number of nitrogens with zero attached hydrogens (tertiary/aromatic N) is 4. The van der Waals surface area contributed by atoms with Crippen LogP contribution in [0.15, 0.2) is 34.9 Å². The molecule has 0 unspecified atom stereocenters. The number of aromatic nitrogens is 2. The Morgan fingerprint density at radius 1 is 1.17 bits per heavy atom. The molecule has 1 saturated heterocycles. The normalized spacial score (nSPS) is 15.9. The number of rotatable bonds is 5. The molecular formula is C18H24N4O2. The maximum Gasteiger partial charge on any atom is 0.253 e. The molecule has 1 aromatic carbocycles. The number of carbonyl (C=O) groups is 1. The van der Waals surface area contributed by atoms with E-state index in [1.54, 1.807) is 0 Å². The zero-order chi connectivity index (χ0) is 16.9. The number of carbonyl (C=O) groups excluding carboxylic acids is 1. The summed E-state index contributed by atoms with van der Waals surface area (Å²) in [7, 11) is 0. The molecule has 1 amide bonds. The van der Waals surface area contributed by atoms with Crippen molar-refractivity contribution in [3.05, 3.63) is 47.6 Å². The number of piperazine rings is 1. The minimum atomic E-state index is 0.106. The van der Waals surface area contributed by atoms with Gasteiger partial charge >= 0.3 is 0 Å². The Kier molecular flexibility index (Phi) is 5.25. The van der Waals surface area contributed by atoms with E-state index in [-0.39, 0.29) is 5.91 Å². The van der Waals surface area contributed by atoms with Crippen LogP contribution in [0.5, 0.6) is 0 Å². The first-order chi connectivity index (χ1) is 11.6. The predicted octanol–water partition coefficient (Wildman–Crippen LogP) is 2.23. The molecule has 1 aliphatic heterocycles. The van der Waals surface area contributed by atoms with E-state index in [0.717, 1.165) is 44.0 Å². The van der Waals surface area contributed by atoms with Gasteiger partial charge in [0.2, 0.25) is 5.89 Å². The van der Waals surface area contributed by atoms with Gasteiger partial charge in [0.15, 0.2) is 5.82 Å². The van der Waals surface area contributed by atoms with Gasteiger partial charge in [-0.1, -0.05) is 37.2 Å². The van der Waals surface area contributed by atoms with Crippen molar-refractivity contribution in [1.82, 2.24) is 19.9 Å². The largest absolute Gasteiger partial charge is 0.339 e. The van der Waals surface area contributed by atoms with E-state index < -0.39 is 0 Å². The highest BCUT2D eigenvalue weighted by Crippen LogP contribution is 2.11. The van der Waals surface area contributed by atoms with Crippen LogP contribution < -0.4 is 0 Å². The summed E-state index contributed by atoms with van der Waals surface area (Å²) in [6, 6.07) is 9.45. The molecule has 2 aromatic rings. The van der Waals surface area contributed by atoms with E-state index in [0.29, 0.717) is 18.4 Å². The van der Waals surface area contributed by atoms with E-state index in [4.69, 9.17) is 4.52 Å². The molecule has 1 aliphatic rings. The van der Waals surface area contributed by atoms with Crippen molar-refractivity contribution in [2.75, 3.05) is 26.2 Å². The van der Waals surface area contributed by atoms with E-state index in [1.807, 2.05) is 35.2 Å². The van der Waals surface area contributed by atoms with Crippen molar-refractivity contribution >= 4 is 5.91 Å². The fourth-order valence-corrected chi connectivity index (χ4v) is 2.86. The van der Waals surface area contributed by atoms with E-state index in [9.17, 15) is 4.79 Å². The molecule has 0 aliphatic carbocycles. The lowest BCUT2D eigenvalue weighted by atomic mass is 10.1. The standard InChI is InChI=1S/C18H24N4O2/c1-14(2)12-17-19-16(20-24-17)13-21-8-10-22(11-9-21)18(23)15-6-4-3-5-7-15/h3-7,14H,8-13H2,1-2H3. The molecule has 0 bridgehead atoms. The first kappa shape index (κ1) is 16.6. The molecule has 3 rings (SSSR count). The molecule has 24 heavy (non-hydrogen) atoms. The minimum absolute atomic E-state index is 0.106. The molecular weight excluding hydrogens is 304 g/mol. The molecule has 0 saturated carbocycles. The van der Waals surface area contributed by atoms with Crippen molar-refractivity contribution in [2.24, 2.45) is 5.92 Å². The molecule has 0 atom stereocenters. The van der Waals surface area contributed by atoms with Crippen LogP contribution in [0, 0.1) is 5.92 Å². The van der Waals surface area contributed by atoms with Gasteiger partial charge < -0.3 is 9.42 Å². The summed E-state index contributed by atoms with van der Waals surface area (Å²) in [5, 5.41) is 4.06. The molecule has 0 N–H and O–H groups in total. The Hall–Kier alpha value is -2.21. The highest BCUT2D eigenvalue weighted by atomic mass is 16.5. The average Bonchev–Trinajstić information content (AvgIpc) is 3.02. The third-order valence-electron chi connectivity index (χ3n) is 4.14. The molecule has 1 fully saturated rings. The summed E-state index contributed by atoms with van der Waals surface area (Å²) < 4.78 is 5.28. The number of amides is 1. The topological polar surface area (TPSA) is 62.5 Å². The molecule has 0 radical (unpaired) electrons. The first-order valence-electron chi connectivity index (χ1n) is 8.50. The van der Waals surface area contributed by atoms with Crippen LogP contribution in [0.1, 0.15) is 35.9 Å². The molecule has 1 aromatic heterocycles. The fourth-order valence-electron chi connectivity index (χ4n) is 2.86. The third kappa shape index (κ3) is 4.20. The summed E-state index contributed by atoms with van der Waals surface area (Å²) in [6.07, 6.45) is 0.812. The van der Waals surface area contributed by atoms with Crippen molar-refractivity contribution < 1.29 is 9.32 Å². The van der Waals surface area contributed by atoms with Gasteiger partial charge in [0.1, 0.15) is 0 Å². The first-order valence-corrected chi connectivity index (χ1v) is 8.50. The van der Waals surface area contributed by atoms with Crippen molar-refractivity contribution in [3.63, 3.8) is 0 Å². The van der Waals surface area contributed by atoms with Crippen molar-refractivity contribution in [2.45, 2.75) is 26.8 Å². The molecule has 2 heterocycles. The maximum atomic E-state index is 12.4. The number of benzene rings is 1. The van der Waals surface area contributed by atoms with Crippen LogP contribution in [-0.4, -0.2) is 52.0 Å². The summed E-state index contributed by atoms with van der Waals surface area (Å²) in [5.41, 5.74) is 0.752. The van der Waals surface area contributed by atoms with Crippen LogP contribution >= 0.6 is 0 Å². The Morgan fingerprint density at radius 2 is 1.88 bits per heavy atom. The summed E-state index contributed by atoms with van der Waals surface area (Å²) in [5.74, 6) is 2.05. The van der Waals surface area contributed by atoms with Gasteiger partial charge in [0, 0.05) is 38.2 Å². The summed E-state index contributed by atoms with van der Waals surface area (Å²) in [6.45, 7) is 8.04. The quantitative estimate of drug-likeness (QED) is 0.842. The smallest absolute Gasteiger partial charge is 0.253 e. The van der Waals surface area contributed by atoms with Gasteiger partial charge in [0.05, 0.1) is 6.54 Å². The molecule has 6 nitrogen and oxygen atoms in total. The molecule has 128 valence electrons. The highest BCUT2D eigenvalue weighted by Gasteiger charge is 2.23. The fraction of sp³-hybridized carbons (Fsp3) is 0.500. The van der Waals surface area contributed by atoms with Crippen molar-refractivity contribution in [3.8, 4) is 0 Å². The average molecular weight is 328 g/mol. The Bertz CT molecular complexity index is 661. The maximum absolute atomic E-state index is 12.4. The van der Waals surface area contributed by atoms with Crippen LogP contribution in [-0.2, 0) is 13.0 Å². The second-order valence-electron chi connectivity index (χ2n) is 6.64. The Balaban J connectivity index is 1.50. The second-order valence-corrected chi connectivity index (χ2v) is 6.64. The third-order valence-corrected chi connectivity index (χ3v) is 4.14. The Morgan fingerprint density at radius 3 is 2.54 bits per heavy atom. The van der Waals surface area contributed by atoms with E-state index in [2.05, 4.69) is 28.9 Å². The Labute approximate surface area is 142 Å². The minimum Gasteiger partial charge on any atom is -0.339 e. The molecule has 6 heteroatoms. The summed E-state index contributed by atoms with van der Waals surface area (Å²) in [4.78, 5) is 21.1. The zero-order valence-corrected chi connectivity index (χ0v) is 14.3. The van der Waals surface area contributed by atoms with Gasteiger partial charge in [-0.25, -0.2) is 0 Å². The van der Waals surface area contributed by atoms with Crippen LogP contribution in [0.25, 0.3) is 0 Å². The summed E-state index contributed by atoms with van der Waals surface area (Å²) >= 11 is 0. The van der Waals surface area contributed by atoms with Gasteiger partial charge in [-0.05, 0) is 18.1 Å². The van der Waals surface area contributed by atoms with Crippen LogP contribution in [0.4, 0.5) is 0 Å². The zero-order valence-electron chi connectivity index (χ0n) is 14.3. The van der Waals surface area contributed by atoms with Gasteiger partial charge in [0.25, 0.3) is 5.91 Å². The van der Waals surface area contributed by atoms with E-state index >= 15 is 0 Å². The van der Waals surface area contributed by atoms with Crippen LogP contribution in [0.2, 0.25) is 0 Å². The SMILES string of the molecule is CC(C)Cc1nc(CN2CCN(C(=O)c3ccccc3)CC2)no1. The lowest BCUT2D eigenvalue weighted by molar-refractivity contribution is 0.0624. The van der Waals surface area contributed by atoms with Gasteiger partial charge in [-0.2, -0.15) is 4.98 Å². The highest BCUT2D eigenvalue weighted by molar-refractivity contribution is 5.94. The predicted molar refractivity (Wildman–Crippen MR) is 90.5 cm³/mol. The van der Waals surface area contributed by atoms with Gasteiger partial charge in [-0.15, -0.1) is 0 Å². The molecule has 0 spiro atoms. The number of hydrogen-bond acceptors (Lipinski definition) is 5. The lowest BCUT2D eigenvalue weighted by Gasteiger charge is -2.34.